The Morgan fingerprint density at radius 2 is 2.09 bits per heavy atom. The van der Waals surface area contributed by atoms with Gasteiger partial charge in [0.25, 0.3) is 0 Å². The molecule has 0 atom stereocenters. The van der Waals surface area contributed by atoms with Gasteiger partial charge in [0.1, 0.15) is 0 Å². The Kier molecular flexibility index (Phi) is 5.32. The fourth-order valence-electron chi connectivity index (χ4n) is 2.89. The number of amides is 1. The van der Waals surface area contributed by atoms with E-state index in [-0.39, 0.29) is 5.91 Å². The molecule has 1 N–H and O–H groups in total. The maximum atomic E-state index is 11.9. The summed E-state index contributed by atoms with van der Waals surface area (Å²) in [7, 11) is 0. The molecule has 1 aliphatic heterocycles. The molecule has 0 unspecified atom stereocenters. The van der Waals surface area contributed by atoms with Crippen molar-refractivity contribution in [1.82, 2.24) is 20.2 Å². The molecule has 1 aromatic heterocycles. The number of aromatic nitrogens is 2. The smallest absolute Gasteiger partial charge is 0.220 e. The first-order chi connectivity index (χ1) is 11.3. The minimum absolute atomic E-state index is 0.0769. The highest BCUT2D eigenvalue weighted by Crippen LogP contribution is 2.17. The van der Waals surface area contributed by atoms with Crippen LogP contribution in [0.1, 0.15) is 23.2 Å². The quantitative estimate of drug-likeness (QED) is 0.880. The molecule has 23 heavy (non-hydrogen) atoms. The van der Waals surface area contributed by atoms with Crippen LogP contribution in [0.15, 0.2) is 42.9 Å². The van der Waals surface area contributed by atoms with Gasteiger partial charge < -0.3 is 5.32 Å². The summed E-state index contributed by atoms with van der Waals surface area (Å²) in [5, 5.41) is 3.00. The number of nitrogens with one attached hydrogen (secondary N) is 1. The van der Waals surface area contributed by atoms with Gasteiger partial charge in [-0.3, -0.25) is 19.7 Å². The predicted molar refractivity (Wildman–Crippen MR) is 88.8 cm³/mol. The predicted octanol–water partition coefficient (Wildman–Crippen LogP) is 1.58. The number of hydrogen-bond acceptors (Lipinski definition) is 4. The Morgan fingerprint density at radius 1 is 1.22 bits per heavy atom. The maximum absolute atomic E-state index is 11.9. The molecule has 0 fully saturated rings. The van der Waals surface area contributed by atoms with Crippen molar-refractivity contribution >= 4 is 5.91 Å². The number of hydrogen-bond donors (Lipinski definition) is 1. The highest BCUT2D eigenvalue weighted by Gasteiger charge is 2.15. The number of rotatable bonds is 6. The lowest BCUT2D eigenvalue weighted by molar-refractivity contribution is -0.121. The zero-order valence-electron chi connectivity index (χ0n) is 13.2. The number of nitrogens with zero attached hydrogens (tertiary/aromatic N) is 3. The molecular formula is C18H22N4O. The van der Waals surface area contributed by atoms with Gasteiger partial charge in [0.15, 0.2) is 0 Å². The lowest BCUT2D eigenvalue weighted by Crippen LogP contribution is -2.37. The average molecular weight is 310 g/mol. The third kappa shape index (κ3) is 4.60. The van der Waals surface area contributed by atoms with E-state index in [4.69, 9.17) is 0 Å². The van der Waals surface area contributed by atoms with Crippen LogP contribution in [0.3, 0.4) is 0 Å². The Morgan fingerprint density at radius 3 is 2.91 bits per heavy atom. The van der Waals surface area contributed by atoms with Gasteiger partial charge in [-0.1, -0.05) is 24.3 Å². The molecule has 0 saturated heterocycles. The molecule has 2 heterocycles. The van der Waals surface area contributed by atoms with Gasteiger partial charge in [-0.05, 0) is 24.0 Å². The second-order valence-corrected chi connectivity index (χ2v) is 5.84. The highest BCUT2D eigenvalue weighted by molar-refractivity contribution is 5.76. The second kappa shape index (κ2) is 7.83. The van der Waals surface area contributed by atoms with Crippen molar-refractivity contribution in [2.24, 2.45) is 0 Å². The van der Waals surface area contributed by atoms with Gasteiger partial charge in [0.2, 0.25) is 5.91 Å². The van der Waals surface area contributed by atoms with E-state index >= 15 is 0 Å². The van der Waals surface area contributed by atoms with E-state index in [1.807, 2.05) is 0 Å². The summed E-state index contributed by atoms with van der Waals surface area (Å²) >= 11 is 0. The molecular weight excluding hydrogens is 288 g/mol. The molecule has 1 aromatic carbocycles. The van der Waals surface area contributed by atoms with Crippen LogP contribution in [0.5, 0.6) is 0 Å². The van der Waals surface area contributed by atoms with Crippen molar-refractivity contribution in [3.63, 3.8) is 0 Å². The molecule has 0 bridgehead atoms. The summed E-state index contributed by atoms with van der Waals surface area (Å²) in [6.07, 6.45) is 7.19. The summed E-state index contributed by atoms with van der Waals surface area (Å²) in [6, 6.07) is 8.60. The van der Waals surface area contributed by atoms with Crippen molar-refractivity contribution in [3.05, 3.63) is 59.7 Å². The van der Waals surface area contributed by atoms with Crippen LogP contribution >= 0.6 is 0 Å². The fraction of sp³-hybridized carbons (Fsp3) is 0.389. The van der Waals surface area contributed by atoms with Crippen molar-refractivity contribution in [2.45, 2.75) is 25.8 Å². The van der Waals surface area contributed by atoms with Gasteiger partial charge in [0, 0.05) is 51.2 Å². The third-order valence-corrected chi connectivity index (χ3v) is 4.18. The van der Waals surface area contributed by atoms with Crippen molar-refractivity contribution in [1.29, 1.82) is 0 Å². The van der Waals surface area contributed by atoms with Gasteiger partial charge in [0.05, 0.1) is 5.69 Å². The molecule has 0 radical (unpaired) electrons. The summed E-state index contributed by atoms with van der Waals surface area (Å²) in [4.78, 5) is 22.5. The zero-order chi connectivity index (χ0) is 15.9. The van der Waals surface area contributed by atoms with E-state index in [2.05, 4.69) is 44.5 Å². The summed E-state index contributed by atoms with van der Waals surface area (Å²) in [5.74, 6) is 0.0769. The van der Waals surface area contributed by atoms with E-state index in [1.54, 1.807) is 18.6 Å². The van der Waals surface area contributed by atoms with Crippen molar-refractivity contribution < 1.29 is 4.79 Å². The normalized spacial score (nSPS) is 14.3. The first-order valence-electron chi connectivity index (χ1n) is 8.12. The van der Waals surface area contributed by atoms with Crippen molar-refractivity contribution in [3.8, 4) is 0 Å². The summed E-state index contributed by atoms with van der Waals surface area (Å²) < 4.78 is 0. The molecule has 1 aliphatic rings. The Bertz CT molecular complexity index is 644. The summed E-state index contributed by atoms with van der Waals surface area (Å²) in [6.45, 7) is 3.63. The Hall–Kier alpha value is -2.27. The van der Waals surface area contributed by atoms with E-state index in [0.717, 1.165) is 31.7 Å². The lowest BCUT2D eigenvalue weighted by atomic mass is 10.00. The van der Waals surface area contributed by atoms with Crippen LogP contribution in [0.4, 0.5) is 0 Å². The van der Waals surface area contributed by atoms with E-state index in [1.165, 1.54) is 11.1 Å². The van der Waals surface area contributed by atoms with Crippen LogP contribution in [0.25, 0.3) is 0 Å². The van der Waals surface area contributed by atoms with Crippen LogP contribution in [0.2, 0.25) is 0 Å². The molecule has 2 aromatic rings. The van der Waals surface area contributed by atoms with Gasteiger partial charge in [-0.25, -0.2) is 0 Å². The monoisotopic (exact) mass is 310 g/mol. The largest absolute Gasteiger partial charge is 0.355 e. The average Bonchev–Trinajstić information content (AvgIpc) is 2.61. The van der Waals surface area contributed by atoms with Crippen LogP contribution in [-0.2, 0) is 24.2 Å². The lowest BCUT2D eigenvalue weighted by Gasteiger charge is -2.28. The molecule has 120 valence electrons. The van der Waals surface area contributed by atoms with Crippen LogP contribution in [0, 0.1) is 0 Å². The minimum atomic E-state index is 0.0769. The molecule has 3 rings (SSSR count). The molecule has 5 heteroatoms. The van der Waals surface area contributed by atoms with E-state index < -0.39 is 0 Å². The highest BCUT2D eigenvalue weighted by atomic mass is 16.1. The maximum Gasteiger partial charge on any atom is 0.220 e. The Balaban J connectivity index is 1.36. The van der Waals surface area contributed by atoms with Crippen LogP contribution in [-0.4, -0.2) is 40.4 Å². The SMILES string of the molecule is O=C(CCc1cnccn1)NCCN1CCc2ccccc2C1. The molecule has 5 nitrogen and oxygen atoms in total. The zero-order valence-corrected chi connectivity index (χ0v) is 13.2. The Labute approximate surface area is 136 Å². The topological polar surface area (TPSA) is 58.1 Å². The van der Waals surface area contributed by atoms with E-state index in [9.17, 15) is 4.79 Å². The van der Waals surface area contributed by atoms with Crippen LogP contribution < -0.4 is 5.32 Å². The number of carbonyl (C=O) groups excluding carboxylic acids is 1. The third-order valence-electron chi connectivity index (χ3n) is 4.18. The molecule has 0 spiro atoms. The summed E-state index contributed by atoms with van der Waals surface area (Å²) in [5.41, 5.74) is 3.72. The minimum Gasteiger partial charge on any atom is -0.355 e. The van der Waals surface area contributed by atoms with Gasteiger partial charge >= 0.3 is 0 Å². The number of carbonyl (C=O) groups is 1. The molecule has 0 aliphatic carbocycles. The number of aryl methyl sites for hydroxylation is 1. The first kappa shape index (κ1) is 15.6. The van der Waals surface area contributed by atoms with E-state index in [0.29, 0.717) is 19.4 Å². The fourth-order valence-corrected chi connectivity index (χ4v) is 2.89. The second-order valence-electron chi connectivity index (χ2n) is 5.84. The van der Waals surface area contributed by atoms with Gasteiger partial charge in [-0.15, -0.1) is 0 Å². The van der Waals surface area contributed by atoms with Gasteiger partial charge in [-0.2, -0.15) is 0 Å². The first-order valence-corrected chi connectivity index (χ1v) is 8.12. The standard InChI is InChI=1S/C18H22N4O/c23-18(6-5-17-13-19-8-9-20-17)21-10-12-22-11-7-15-3-1-2-4-16(15)14-22/h1-4,8-9,13H,5-7,10-12,14H2,(H,21,23). The molecule has 0 saturated carbocycles. The van der Waals surface area contributed by atoms with Crippen molar-refractivity contribution in [2.75, 3.05) is 19.6 Å². The molecule has 1 amide bonds. The number of fused-ring (bicyclic) bond motifs is 1. The number of benzene rings is 1.